The Hall–Kier alpha value is -2.44. The number of hydrogen-bond donors (Lipinski definition) is 2. The quantitative estimate of drug-likeness (QED) is 0.812. The number of benzene rings is 1. The van der Waals surface area contributed by atoms with Gasteiger partial charge in [0.25, 0.3) is 5.91 Å². The molecule has 0 spiro atoms. The van der Waals surface area contributed by atoms with Gasteiger partial charge in [-0.3, -0.25) is 20.5 Å². The van der Waals surface area contributed by atoms with E-state index in [1.165, 1.54) is 4.90 Å². The van der Waals surface area contributed by atoms with Crippen LogP contribution in [0.2, 0.25) is 0 Å². The van der Waals surface area contributed by atoms with Crippen molar-refractivity contribution in [3.63, 3.8) is 0 Å². The first kappa shape index (κ1) is 16.9. The number of methoxy groups -OCH3 is 1. The zero-order valence-corrected chi connectivity index (χ0v) is 13.7. The van der Waals surface area contributed by atoms with Gasteiger partial charge in [0.15, 0.2) is 0 Å². The Kier molecular flexibility index (Phi) is 5.67. The number of hydrogen-bond acceptors (Lipinski definition) is 5. The molecule has 2 rings (SSSR count). The number of anilines is 1. The van der Waals surface area contributed by atoms with E-state index in [9.17, 15) is 9.59 Å². The Balaban J connectivity index is 1.89. The highest BCUT2D eigenvalue weighted by atomic mass is 16.6. The van der Waals surface area contributed by atoms with E-state index in [1.54, 1.807) is 45.2 Å². The summed E-state index contributed by atoms with van der Waals surface area (Å²) >= 11 is 0. The highest BCUT2D eigenvalue weighted by Crippen LogP contribution is 2.19. The number of rotatable bonds is 5. The van der Waals surface area contributed by atoms with E-state index in [0.29, 0.717) is 13.0 Å². The fraction of sp³-hybridized carbons (Fsp3) is 0.500. The van der Waals surface area contributed by atoms with Crippen LogP contribution in [0, 0.1) is 0 Å². The first-order valence-corrected chi connectivity index (χ1v) is 7.68. The van der Waals surface area contributed by atoms with Crippen molar-refractivity contribution in [1.82, 2.24) is 10.3 Å². The summed E-state index contributed by atoms with van der Waals surface area (Å²) in [5, 5.41) is 0. The van der Waals surface area contributed by atoms with Crippen molar-refractivity contribution in [3.8, 4) is 5.75 Å². The Labute approximate surface area is 135 Å². The molecule has 1 aromatic carbocycles. The molecule has 7 nitrogen and oxygen atoms in total. The predicted octanol–water partition coefficient (Wildman–Crippen LogP) is 2.15. The Morgan fingerprint density at radius 1 is 1.26 bits per heavy atom. The van der Waals surface area contributed by atoms with Gasteiger partial charge in [-0.1, -0.05) is 0 Å². The smallest absolute Gasteiger partial charge is 0.410 e. The summed E-state index contributed by atoms with van der Waals surface area (Å²) in [4.78, 5) is 25.8. The van der Waals surface area contributed by atoms with Gasteiger partial charge >= 0.3 is 6.09 Å². The zero-order valence-electron chi connectivity index (χ0n) is 13.7. The molecule has 0 saturated carbocycles. The third-order valence-electron chi connectivity index (χ3n) is 3.55. The van der Waals surface area contributed by atoms with E-state index in [4.69, 9.17) is 9.47 Å². The third kappa shape index (κ3) is 4.51. The average Bonchev–Trinajstić information content (AvgIpc) is 3.02. The van der Waals surface area contributed by atoms with Crippen molar-refractivity contribution in [2.75, 3.05) is 19.1 Å². The van der Waals surface area contributed by atoms with Crippen LogP contribution < -0.4 is 15.6 Å². The van der Waals surface area contributed by atoms with Gasteiger partial charge in [-0.15, -0.1) is 0 Å². The van der Waals surface area contributed by atoms with Crippen LogP contribution in [-0.4, -0.2) is 42.7 Å². The Morgan fingerprint density at radius 3 is 2.57 bits per heavy atom. The van der Waals surface area contributed by atoms with Gasteiger partial charge in [-0.2, -0.15) is 0 Å². The zero-order chi connectivity index (χ0) is 16.8. The van der Waals surface area contributed by atoms with Crippen molar-refractivity contribution in [2.24, 2.45) is 0 Å². The largest absolute Gasteiger partial charge is 0.497 e. The summed E-state index contributed by atoms with van der Waals surface area (Å²) in [6.45, 7) is 4.11. The van der Waals surface area contributed by atoms with E-state index < -0.39 is 12.1 Å². The number of nitrogens with one attached hydrogen (secondary N) is 2. The van der Waals surface area contributed by atoms with Gasteiger partial charge in [-0.25, -0.2) is 4.79 Å². The normalized spacial score (nSPS) is 17.0. The molecule has 0 bridgehead atoms. The first-order chi connectivity index (χ1) is 11.0. The summed E-state index contributed by atoms with van der Waals surface area (Å²) in [5.74, 6) is 0.485. The molecular weight excluding hydrogens is 298 g/mol. The maximum absolute atomic E-state index is 12.3. The van der Waals surface area contributed by atoms with Crippen LogP contribution in [0.4, 0.5) is 10.5 Å². The van der Waals surface area contributed by atoms with Crippen molar-refractivity contribution >= 4 is 17.7 Å². The highest BCUT2D eigenvalue weighted by molar-refractivity contribution is 5.87. The lowest BCUT2D eigenvalue weighted by Gasteiger charge is -2.24. The van der Waals surface area contributed by atoms with Crippen LogP contribution in [0.3, 0.4) is 0 Å². The Bertz CT molecular complexity index is 545. The number of amides is 2. The number of ether oxygens (including phenoxy) is 2. The lowest BCUT2D eigenvalue weighted by molar-refractivity contribution is -0.124. The molecule has 1 unspecified atom stereocenters. The second-order valence-electron chi connectivity index (χ2n) is 5.63. The lowest BCUT2D eigenvalue weighted by Crippen LogP contribution is -2.48. The highest BCUT2D eigenvalue weighted by Gasteiger charge is 2.35. The Morgan fingerprint density at radius 2 is 1.96 bits per heavy atom. The molecule has 0 aromatic heterocycles. The SMILES string of the molecule is COc1ccc(NNC(=O)C2CCCN2C(=O)OC(C)C)cc1. The molecule has 126 valence electrons. The van der Waals surface area contributed by atoms with Crippen molar-refractivity contribution in [2.45, 2.75) is 38.8 Å². The van der Waals surface area contributed by atoms with Gasteiger partial charge in [-0.05, 0) is 51.0 Å². The standard InChI is InChI=1S/C16H23N3O4/c1-11(2)23-16(21)19-10-4-5-14(19)15(20)18-17-12-6-8-13(22-3)9-7-12/h6-9,11,14,17H,4-5,10H2,1-3H3,(H,18,20). The van der Waals surface area contributed by atoms with E-state index in [1.807, 2.05) is 0 Å². The first-order valence-electron chi connectivity index (χ1n) is 7.68. The van der Waals surface area contributed by atoms with Gasteiger partial charge in [0, 0.05) is 6.54 Å². The lowest BCUT2D eigenvalue weighted by atomic mass is 10.2. The summed E-state index contributed by atoms with van der Waals surface area (Å²) in [5.41, 5.74) is 6.21. The summed E-state index contributed by atoms with van der Waals surface area (Å²) in [7, 11) is 1.59. The minimum Gasteiger partial charge on any atom is -0.497 e. The van der Waals surface area contributed by atoms with Crippen LogP contribution in [0.1, 0.15) is 26.7 Å². The fourth-order valence-electron chi connectivity index (χ4n) is 2.42. The minimum atomic E-state index is -0.507. The molecule has 1 saturated heterocycles. The monoisotopic (exact) mass is 321 g/mol. The van der Waals surface area contributed by atoms with Gasteiger partial charge < -0.3 is 9.47 Å². The van der Waals surface area contributed by atoms with Crippen LogP contribution in [-0.2, 0) is 9.53 Å². The second-order valence-corrected chi connectivity index (χ2v) is 5.63. The number of carbonyl (C=O) groups is 2. The van der Waals surface area contributed by atoms with E-state index in [2.05, 4.69) is 10.9 Å². The molecule has 1 fully saturated rings. The van der Waals surface area contributed by atoms with E-state index in [0.717, 1.165) is 17.9 Å². The van der Waals surface area contributed by atoms with E-state index in [-0.39, 0.29) is 12.0 Å². The molecule has 7 heteroatoms. The number of carbonyl (C=O) groups excluding carboxylic acids is 2. The molecule has 0 aliphatic carbocycles. The number of likely N-dealkylation sites (tertiary alicyclic amines) is 1. The summed E-state index contributed by atoms with van der Waals surface area (Å²) in [6, 6.07) is 6.65. The molecule has 1 aliphatic rings. The van der Waals surface area contributed by atoms with Crippen LogP contribution in [0.25, 0.3) is 0 Å². The molecule has 2 amide bonds. The van der Waals surface area contributed by atoms with Gasteiger partial charge in [0.1, 0.15) is 11.8 Å². The fourth-order valence-corrected chi connectivity index (χ4v) is 2.42. The molecule has 2 N–H and O–H groups in total. The van der Waals surface area contributed by atoms with Crippen LogP contribution >= 0.6 is 0 Å². The average molecular weight is 321 g/mol. The third-order valence-corrected chi connectivity index (χ3v) is 3.55. The molecule has 23 heavy (non-hydrogen) atoms. The molecular formula is C16H23N3O4. The number of nitrogens with zero attached hydrogens (tertiary/aromatic N) is 1. The van der Waals surface area contributed by atoms with Gasteiger partial charge in [0.05, 0.1) is 18.9 Å². The second kappa shape index (κ2) is 7.71. The van der Waals surface area contributed by atoms with E-state index >= 15 is 0 Å². The molecule has 1 heterocycles. The minimum absolute atomic E-state index is 0.204. The molecule has 0 radical (unpaired) electrons. The predicted molar refractivity (Wildman–Crippen MR) is 86.1 cm³/mol. The van der Waals surface area contributed by atoms with Crippen molar-refractivity contribution < 1.29 is 19.1 Å². The maximum atomic E-state index is 12.3. The molecule has 1 aliphatic heterocycles. The number of hydrazine groups is 1. The molecule has 1 atom stereocenters. The maximum Gasteiger partial charge on any atom is 0.410 e. The van der Waals surface area contributed by atoms with Crippen LogP contribution in [0.15, 0.2) is 24.3 Å². The van der Waals surface area contributed by atoms with Crippen molar-refractivity contribution in [1.29, 1.82) is 0 Å². The van der Waals surface area contributed by atoms with Gasteiger partial charge in [0.2, 0.25) is 0 Å². The summed E-state index contributed by atoms with van der Waals surface area (Å²) < 4.78 is 10.3. The van der Waals surface area contributed by atoms with Crippen molar-refractivity contribution in [3.05, 3.63) is 24.3 Å². The van der Waals surface area contributed by atoms with Crippen LogP contribution in [0.5, 0.6) is 5.75 Å². The topological polar surface area (TPSA) is 79.9 Å². The molecule has 1 aromatic rings. The summed E-state index contributed by atoms with van der Waals surface area (Å²) in [6.07, 6.45) is 0.767.